The molecule has 0 saturated heterocycles. The Kier molecular flexibility index (Phi) is 5.64. The number of benzene rings is 1. The van der Waals surface area contributed by atoms with Gasteiger partial charge < -0.3 is 9.64 Å². The molecule has 8 heteroatoms. The third-order valence-electron chi connectivity index (χ3n) is 3.74. The molecule has 0 bridgehead atoms. The number of nitrogens with zero attached hydrogens (tertiary/aromatic N) is 1. The van der Waals surface area contributed by atoms with Gasteiger partial charge in [0.15, 0.2) is 6.29 Å². The minimum Gasteiger partial charge on any atom is -0.360 e. The lowest BCUT2D eigenvalue weighted by atomic mass is 9.99. The molecule has 7 nitrogen and oxygen atoms in total. The van der Waals surface area contributed by atoms with Gasteiger partial charge in [-0.3, -0.25) is 24.5 Å². The van der Waals surface area contributed by atoms with E-state index in [9.17, 15) is 19.2 Å². The second-order valence-corrected chi connectivity index (χ2v) is 11.3. The molecule has 1 aromatic rings. The summed E-state index contributed by atoms with van der Waals surface area (Å²) in [5, 5.41) is 2.14. The first-order chi connectivity index (χ1) is 11.6. The fourth-order valence-corrected chi connectivity index (χ4v) is 2.91. The van der Waals surface area contributed by atoms with Crippen LogP contribution in [0.15, 0.2) is 12.1 Å². The lowest BCUT2D eigenvalue weighted by molar-refractivity contribution is 0.0383. The Morgan fingerprint density at radius 3 is 2.36 bits per heavy atom. The van der Waals surface area contributed by atoms with Crippen LogP contribution in [-0.4, -0.2) is 73.8 Å². The molecule has 1 aliphatic rings. The Hall–Kier alpha value is -2.19. The molecule has 0 atom stereocenters. The summed E-state index contributed by atoms with van der Waals surface area (Å²) in [5.41, 5.74) is 0.353. The van der Waals surface area contributed by atoms with Gasteiger partial charge in [0.1, 0.15) is 6.73 Å². The predicted octanol–water partition coefficient (Wildman–Crippen LogP) is 1.12. The van der Waals surface area contributed by atoms with Crippen molar-refractivity contribution in [3.63, 3.8) is 0 Å². The van der Waals surface area contributed by atoms with Gasteiger partial charge >= 0.3 is 0 Å². The van der Waals surface area contributed by atoms with Crippen molar-refractivity contribution in [3.05, 3.63) is 34.4 Å². The summed E-state index contributed by atoms with van der Waals surface area (Å²) in [6.07, 6.45) is 7.04. The van der Waals surface area contributed by atoms with Crippen molar-refractivity contribution in [2.75, 3.05) is 44.9 Å². The van der Waals surface area contributed by atoms with Crippen LogP contribution in [0.4, 0.5) is 0 Å². The number of ether oxygens (including phenoxy) is 1. The normalized spacial score (nSPS) is 14.1. The van der Waals surface area contributed by atoms with Gasteiger partial charge in [-0.1, -0.05) is 0 Å². The van der Waals surface area contributed by atoms with Gasteiger partial charge in [0.2, 0.25) is 0 Å². The summed E-state index contributed by atoms with van der Waals surface area (Å²) in [7, 11) is 0.880. The fraction of sp³-hybridized carbons (Fsp3) is 0.412. The average molecular weight is 366 g/mol. The van der Waals surface area contributed by atoms with Crippen LogP contribution in [0.25, 0.3) is 0 Å². The number of nitrogens with one attached hydrogen (secondary N) is 1. The van der Waals surface area contributed by atoms with Gasteiger partial charge in [0.25, 0.3) is 17.7 Å². The third kappa shape index (κ3) is 4.46. The molecule has 0 unspecified atom stereocenters. The van der Waals surface area contributed by atoms with Crippen molar-refractivity contribution in [2.45, 2.75) is 0 Å². The van der Waals surface area contributed by atoms with Crippen LogP contribution in [0.1, 0.15) is 41.4 Å². The standard InChI is InChI=1S/C17H22N2O5S/c1-19(10-24-5-6-25(2,3)4)17(23)12-8-14-13(7-11(12)9-20)15(21)18-16(14)22/h7-9H,5-6,10H2,1-4H3,(H,18,21,22). The summed E-state index contributed by atoms with van der Waals surface area (Å²) in [5.74, 6) is -0.655. The van der Waals surface area contributed by atoms with Gasteiger partial charge in [0, 0.05) is 18.4 Å². The zero-order valence-corrected chi connectivity index (χ0v) is 15.6. The molecular formula is C17H22N2O5S. The Labute approximate surface area is 148 Å². The van der Waals surface area contributed by atoms with Crippen molar-refractivity contribution in [1.29, 1.82) is 0 Å². The molecule has 1 aromatic carbocycles. The van der Waals surface area contributed by atoms with Crippen molar-refractivity contribution < 1.29 is 23.9 Å². The molecule has 1 N–H and O–H groups in total. The minimum absolute atomic E-state index is 0.0691. The highest BCUT2D eigenvalue weighted by Crippen LogP contribution is 2.33. The number of hydrogen-bond acceptors (Lipinski definition) is 5. The number of hydrogen-bond donors (Lipinski definition) is 1. The molecule has 1 aliphatic heterocycles. The second-order valence-electron chi connectivity index (χ2n) is 6.72. The number of rotatable bonds is 7. The van der Waals surface area contributed by atoms with E-state index >= 15 is 0 Å². The van der Waals surface area contributed by atoms with E-state index in [2.05, 4.69) is 24.1 Å². The Morgan fingerprint density at radius 1 is 1.20 bits per heavy atom. The van der Waals surface area contributed by atoms with Crippen LogP contribution in [0.5, 0.6) is 0 Å². The van der Waals surface area contributed by atoms with E-state index in [-0.39, 0.29) is 29.0 Å². The van der Waals surface area contributed by atoms with Crippen molar-refractivity contribution >= 4 is 34.0 Å². The van der Waals surface area contributed by atoms with Gasteiger partial charge in [0.05, 0.1) is 23.3 Å². The number of aldehydes is 1. The molecule has 0 aromatic heterocycles. The van der Waals surface area contributed by atoms with E-state index in [4.69, 9.17) is 4.74 Å². The monoisotopic (exact) mass is 366 g/mol. The molecular weight excluding hydrogens is 344 g/mol. The number of carbonyl (C=O) groups excluding carboxylic acids is 4. The average Bonchev–Trinajstić information content (AvgIpc) is 2.82. The van der Waals surface area contributed by atoms with Gasteiger partial charge in [-0.25, -0.2) is 10.0 Å². The third-order valence-corrected chi connectivity index (χ3v) is 5.13. The number of imide groups is 1. The summed E-state index contributed by atoms with van der Waals surface area (Å²) in [4.78, 5) is 48.6. The first-order valence-electron chi connectivity index (χ1n) is 7.62. The maximum Gasteiger partial charge on any atom is 0.258 e. The van der Waals surface area contributed by atoms with Crippen LogP contribution in [0.2, 0.25) is 0 Å². The Bertz CT molecular complexity index is 739. The summed E-state index contributed by atoms with van der Waals surface area (Å²) >= 11 is 0. The highest BCUT2D eigenvalue weighted by atomic mass is 32.3. The van der Waals surface area contributed by atoms with Crippen molar-refractivity contribution in [2.24, 2.45) is 0 Å². The lowest BCUT2D eigenvalue weighted by Crippen LogP contribution is -2.31. The lowest BCUT2D eigenvalue weighted by Gasteiger charge is -2.25. The van der Waals surface area contributed by atoms with Gasteiger partial charge in [-0.15, -0.1) is 0 Å². The first kappa shape index (κ1) is 19.1. The largest absolute Gasteiger partial charge is 0.360 e. The predicted molar refractivity (Wildman–Crippen MR) is 96.8 cm³/mol. The smallest absolute Gasteiger partial charge is 0.258 e. The van der Waals surface area contributed by atoms with E-state index in [1.165, 1.54) is 17.0 Å². The number of amides is 3. The molecule has 0 aliphatic carbocycles. The Balaban J connectivity index is 2.13. The molecule has 3 amide bonds. The van der Waals surface area contributed by atoms with Crippen LogP contribution in [-0.2, 0) is 4.74 Å². The van der Waals surface area contributed by atoms with E-state index in [0.717, 1.165) is 5.75 Å². The van der Waals surface area contributed by atoms with Crippen LogP contribution < -0.4 is 5.32 Å². The van der Waals surface area contributed by atoms with Gasteiger partial charge in [-0.05, 0) is 30.9 Å². The molecule has 0 spiro atoms. The number of carbonyl (C=O) groups is 4. The van der Waals surface area contributed by atoms with Crippen molar-refractivity contribution in [1.82, 2.24) is 10.2 Å². The zero-order chi connectivity index (χ0) is 18.8. The molecule has 0 radical (unpaired) electrons. The molecule has 0 fully saturated rings. The van der Waals surface area contributed by atoms with Gasteiger partial charge in [-0.2, -0.15) is 0 Å². The van der Waals surface area contributed by atoms with Crippen LogP contribution >= 0.6 is 10.0 Å². The van der Waals surface area contributed by atoms with E-state index in [1.807, 2.05) is 0 Å². The zero-order valence-electron chi connectivity index (χ0n) is 14.8. The summed E-state index contributed by atoms with van der Waals surface area (Å²) < 4.78 is 5.52. The highest BCUT2D eigenvalue weighted by Gasteiger charge is 2.30. The highest BCUT2D eigenvalue weighted by molar-refractivity contribution is 8.32. The summed E-state index contributed by atoms with van der Waals surface area (Å²) in [6, 6.07) is 2.56. The molecule has 0 saturated carbocycles. The van der Waals surface area contributed by atoms with E-state index < -0.39 is 27.7 Å². The number of fused-ring (bicyclic) bond motifs is 1. The second kappa shape index (κ2) is 7.37. The SMILES string of the molecule is CN(COCCS(C)(C)C)C(=O)c1cc2c(cc1C=O)C(=O)NC2=O. The van der Waals surface area contributed by atoms with Crippen molar-refractivity contribution in [3.8, 4) is 0 Å². The van der Waals surface area contributed by atoms with E-state index in [0.29, 0.717) is 12.9 Å². The van der Waals surface area contributed by atoms with Crippen LogP contribution in [0.3, 0.4) is 0 Å². The molecule has 25 heavy (non-hydrogen) atoms. The topological polar surface area (TPSA) is 92.8 Å². The fourth-order valence-electron chi connectivity index (χ4n) is 2.29. The minimum atomic E-state index is -0.674. The maximum absolute atomic E-state index is 12.6. The maximum atomic E-state index is 12.6. The van der Waals surface area contributed by atoms with Crippen LogP contribution in [0, 0.1) is 0 Å². The Morgan fingerprint density at radius 2 is 1.80 bits per heavy atom. The first-order valence-corrected chi connectivity index (χ1v) is 10.6. The molecule has 1 heterocycles. The quantitative estimate of drug-likeness (QED) is 0.338. The molecule has 2 rings (SSSR count). The molecule has 136 valence electrons. The summed E-state index contributed by atoms with van der Waals surface area (Å²) in [6.45, 7) is 0.618. The van der Waals surface area contributed by atoms with E-state index in [1.54, 1.807) is 7.05 Å².